The van der Waals surface area contributed by atoms with Crippen molar-refractivity contribution in [2.45, 2.75) is 45.6 Å². The highest BCUT2D eigenvalue weighted by Crippen LogP contribution is 2.22. The van der Waals surface area contributed by atoms with Crippen LogP contribution in [0.15, 0.2) is 29.3 Å². The second-order valence-corrected chi connectivity index (χ2v) is 7.97. The monoisotopic (exact) mass is 385 g/mol. The molecule has 0 saturated carbocycles. The van der Waals surface area contributed by atoms with E-state index in [0.29, 0.717) is 13.0 Å². The van der Waals surface area contributed by atoms with Crippen LogP contribution in [0.1, 0.15) is 44.6 Å². The Morgan fingerprint density at radius 2 is 1.89 bits per heavy atom. The normalized spacial score (nSPS) is 19.3. The Balaban J connectivity index is 1.47. The quantitative estimate of drug-likeness (QED) is 0.560. The molecule has 28 heavy (non-hydrogen) atoms. The molecule has 2 heterocycles. The molecule has 2 fully saturated rings. The van der Waals surface area contributed by atoms with Crippen LogP contribution in [0.25, 0.3) is 0 Å². The zero-order valence-corrected chi connectivity index (χ0v) is 17.4. The van der Waals surface area contributed by atoms with E-state index in [0.717, 1.165) is 49.2 Å². The van der Waals surface area contributed by atoms with E-state index in [2.05, 4.69) is 41.6 Å². The van der Waals surface area contributed by atoms with Gasteiger partial charge in [-0.15, -0.1) is 0 Å². The number of hydrogen-bond acceptors (Lipinski definition) is 3. The van der Waals surface area contributed by atoms with E-state index < -0.39 is 0 Å². The molecule has 0 aromatic heterocycles. The second kappa shape index (κ2) is 10.5. The van der Waals surface area contributed by atoms with Crippen LogP contribution >= 0.6 is 0 Å². The third-order valence-electron chi connectivity index (χ3n) is 5.77. The average Bonchev–Trinajstić information content (AvgIpc) is 3.14. The van der Waals surface area contributed by atoms with Gasteiger partial charge in [0, 0.05) is 31.7 Å². The lowest BCUT2D eigenvalue weighted by Gasteiger charge is -2.29. The van der Waals surface area contributed by atoms with Crippen LogP contribution in [0.2, 0.25) is 0 Å². The number of aliphatic imine (C=N–C) groups is 1. The smallest absolute Gasteiger partial charge is 0.227 e. The molecule has 1 aromatic rings. The van der Waals surface area contributed by atoms with Crippen molar-refractivity contribution in [1.29, 1.82) is 0 Å². The van der Waals surface area contributed by atoms with Crippen molar-refractivity contribution in [1.82, 2.24) is 15.5 Å². The number of likely N-dealkylation sites (tertiary alicyclic amines) is 1. The van der Waals surface area contributed by atoms with Crippen LogP contribution in [0.4, 0.5) is 5.69 Å². The summed E-state index contributed by atoms with van der Waals surface area (Å²) in [4.78, 5) is 20.9. The lowest BCUT2D eigenvalue weighted by molar-refractivity contribution is -0.117. The summed E-state index contributed by atoms with van der Waals surface area (Å²) in [5.74, 6) is 1.94. The number of guanidine groups is 1. The molecule has 2 aliphatic rings. The van der Waals surface area contributed by atoms with Gasteiger partial charge in [-0.2, -0.15) is 0 Å². The van der Waals surface area contributed by atoms with E-state index in [4.69, 9.17) is 4.99 Å². The second-order valence-electron chi connectivity index (χ2n) is 7.97. The Kier molecular flexibility index (Phi) is 7.71. The number of anilines is 1. The summed E-state index contributed by atoms with van der Waals surface area (Å²) >= 11 is 0. The Hall–Kier alpha value is -2.08. The van der Waals surface area contributed by atoms with Gasteiger partial charge in [0.05, 0.1) is 6.54 Å². The van der Waals surface area contributed by atoms with Crippen LogP contribution in [0.5, 0.6) is 0 Å². The third kappa shape index (κ3) is 5.96. The molecule has 3 rings (SSSR count). The first-order chi connectivity index (χ1) is 13.7. The first-order valence-electron chi connectivity index (χ1n) is 10.8. The fourth-order valence-electron chi connectivity index (χ4n) is 3.96. The standard InChI is InChI=1S/C22H35N5O/c1-3-23-22(24-13-10-18-11-15-26(2)16-12-18)25-17-19-6-8-20(9-7-19)27-14-4-5-21(27)28/h6-9,18H,3-5,10-17H2,1-2H3,(H2,23,24,25). The van der Waals surface area contributed by atoms with E-state index in [-0.39, 0.29) is 5.91 Å². The van der Waals surface area contributed by atoms with E-state index in [9.17, 15) is 4.79 Å². The number of piperidine rings is 1. The predicted octanol–water partition coefficient (Wildman–Crippen LogP) is 2.60. The molecule has 1 aromatic carbocycles. The first kappa shape index (κ1) is 20.6. The highest BCUT2D eigenvalue weighted by molar-refractivity contribution is 5.95. The number of nitrogens with one attached hydrogen (secondary N) is 2. The third-order valence-corrected chi connectivity index (χ3v) is 5.77. The molecule has 2 saturated heterocycles. The number of carbonyl (C=O) groups excluding carboxylic acids is 1. The molecule has 0 atom stereocenters. The molecule has 0 aliphatic carbocycles. The largest absolute Gasteiger partial charge is 0.357 e. The number of carbonyl (C=O) groups is 1. The first-order valence-corrected chi connectivity index (χ1v) is 10.8. The minimum Gasteiger partial charge on any atom is -0.357 e. The maximum atomic E-state index is 11.9. The number of amides is 1. The van der Waals surface area contributed by atoms with Gasteiger partial charge in [0.2, 0.25) is 5.91 Å². The van der Waals surface area contributed by atoms with Gasteiger partial charge in [0.25, 0.3) is 0 Å². The fraction of sp³-hybridized carbons (Fsp3) is 0.636. The topological polar surface area (TPSA) is 60.0 Å². The summed E-state index contributed by atoms with van der Waals surface area (Å²) in [5, 5.41) is 6.82. The molecular weight excluding hydrogens is 350 g/mol. The Morgan fingerprint density at radius 1 is 1.14 bits per heavy atom. The van der Waals surface area contributed by atoms with E-state index >= 15 is 0 Å². The van der Waals surface area contributed by atoms with Gasteiger partial charge in [-0.3, -0.25) is 4.79 Å². The zero-order valence-electron chi connectivity index (χ0n) is 17.4. The van der Waals surface area contributed by atoms with E-state index in [1.165, 1.54) is 32.4 Å². The van der Waals surface area contributed by atoms with Gasteiger partial charge < -0.3 is 20.4 Å². The van der Waals surface area contributed by atoms with Crippen molar-refractivity contribution in [2.75, 3.05) is 44.7 Å². The van der Waals surface area contributed by atoms with Crippen molar-refractivity contribution < 1.29 is 4.79 Å². The van der Waals surface area contributed by atoms with Crippen LogP contribution < -0.4 is 15.5 Å². The molecule has 2 aliphatic heterocycles. The lowest BCUT2D eigenvalue weighted by atomic mass is 9.94. The van der Waals surface area contributed by atoms with Crippen molar-refractivity contribution >= 4 is 17.6 Å². The Bertz CT molecular complexity index is 649. The van der Waals surface area contributed by atoms with Crippen LogP contribution in [0, 0.1) is 5.92 Å². The van der Waals surface area contributed by atoms with Crippen molar-refractivity contribution in [3.63, 3.8) is 0 Å². The summed E-state index contributed by atoms with van der Waals surface area (Å²) in [5.41, 5.74) is 2.15. The molecule has 6 nitrogen and oxygen atoms in total. The van der Waals surface area contributed by atoms with E-state index in [1.54, 1.807) is 0 Å². The van der Waals surface area contributed by atoms with Gasteiger partial charge >= 0.3 is 0 Å². The van der Waals surface area contributed by atoms with Crippen molar-refractivity contribution in [2.24, 2.45) is 10.9 Å². The number of rotatable bonds is 7. The van der Waals surface area contributed by atoms with Crippen molar-refractivity contribution in [3.8, 4) is 0 Å². The minimum atomic E-state index is 0.231. The van der Waals surface area contributed by atoms with Crippen LogP contribution in [-0.2, 0) is 11.3 Å². The Labute approximate surface area is 169 Å². The van der Waals surface area contributed by atoms with Gasteiger partial charge in [-0.25, -0.2) is 4.99 Å². The maximum absolute atomic E-state index is 11.9. The number of hydrogen-bond donors (Lipinski definition) is 2. The van der Waals surface area contributed by atoms with Crippen LogP contribution in [0.3, 0.4) is 0 Å². The highest BCUT2D eigenvalue weighted by Gasteiger charge is 2.21. The molecule has 0 unspecified atom stereocenters. The molecule has 2 N–H and O–H groups in total. The van der Waals surface area contributed by atoms with Gasteiger partial charge in [-0.1, -0.05) is 12.1 Å². The number of nitrogens with zero attached hydrogens (tertiary/aromatic N) is 3. The molecule has 0 spiro atoms. The average molecular weight is 386 g/mol. The maximum Gasteiger partial charge on any atom is 0.227 e. The molecular formula is C22H35N5O. The van der Waals surface area contributed by atoms with Crippen molar-refractivity contribution in [3.05, 3.63) is 29.8 Å². The van der Waals surface area contributed by atoms with Crippen LogP contribution in [-0.4, -0.2) is 56.5 Å². The summed E-state index contributed by atoms with van der Waals surface area (Å²) in [6.45, 7) is 7.83. The molecule has 0 bridgehead atoms. The fourth-order valence-corrected chi connectivity index (χ4v) is 3.96. The molecule has 6 heteroatoms. The molecule has 1 amide bonds. The van der Waals surface area contributed by atoms with Gasteiger partial charge in [0.15, 0.2) is 5.96 Å². The van der Waals surface area contributed by atoms with Gasteiger partial charge in [0.1, 0.15) is 0 Å². The predicted molar refractivity (Wildman–Crippen MR) is 116 cm³/mol. The summed E-state index contributed by atoms with van der Waals surface area (Å²) in [6.07, 6.45) is 5.44. The lowest BCUT2D eigenvalue weighted by Crippen LogP contribution is -2.39. The molecule has 154 valence electrons. The zero-order chi connectivity index (χ0) is 19.8. The van der Waals surface area contributed by atoms with E-state index in [1.807, 2.05) is 17.0 Å². The summed E-state index contributed by atoms with van der Waals surface area (Å²) < 4.78 is 0. The number of benzene rings is 1. The summed E-state index contributed by atoms with van der Waals surface area (Å²) in [6, 6.07) is 8.22. The summed E-state index contributed by atoms with van der Waals surface area (Å²) in [7, 11) is 2.21. The minimum absolute atomic E-state index is 0.231. The SMILES string of the molecule is CCNC(=NCc1ccc(N2CCCC2=O)cc1)NCCC1CCN(C)CC1. The Morgan fingerprint density at radius 3 is 2.54 bits per heavy atom. The highest BCUT2D eigenvalue weighted by atomic mass is 16.2. The molecule has 0 radical (unpaired) electrons. The van der Waals surface area contributed by atoms with Gasteiger partial charge in [-0.05, 0) is 76.4 Å².